The number of ether oxygens (including phenoxy) is 1. The first kappa shape index (κ1) is 11.9. The van der Waals surface area contributed by atoms with Gasteiger partial charge in [-0.3, -0.25) is 4.79 Å². The van der Waals surface area contributed by atoms with Crippen molar-refractivity contribution in [1.82, 2.24) is 5.32 Å². The molecule has 2 saturated carbocycles. The van der Waals surface area contributed by atoms with Crippen molar-refractivity contribution >= 4 is 5.91 Å². The summed E-state index contributed by atoms with van der Waals surface area (Å²) >= 11 is 0. The maximum atomic E-state index is 11.5. The number of carbonyl (C=O) groups is 1. The van der Waals surface area contributed by atoms with Gasteiger partial charge in [0.25, 0.3) is 0 Å². The third kappa shape index (κ3) is 3.46. The molecule has 0 radical (unpaired) electrons. The molecule has 16 heavy (non-hydrogen) atoms. The summed E-state index contributed by atoms with van der Waals surface area (Å²) < 4.78 is 5.68. The van der Waals surface area contributed by atoms with Crippen molar-refractivity contribution in [3.8, 4) is 0 Å². The molecule has 2 unspecified atom stereocenters. The van der Waals surface area contributed by atoms with Crippen LogP contribution >= 0.6 is 0 Å². The van der Waals surface area contributed by atoms with Gasteiger partial charge in [-0.25, -0.2) is 0 Å². The summed E-state index contributed by atoms with van der Waals surface area (Å²) in [6.07, 6.45) is 7.09. The van der Waals surface area contributed by atoms with Crippen LogP contribution < -0.4 is 11.1 Å². The molecule has 2 fully saturated rings. The molecule has 0 aromatic rings. The molecule has 0 aromatic carbocycles. The van der Waals surface area contributed by atoms with Crippen molar-refractivity contribution in [3.05, 3.63) is 0 Å². The quantitative estimate of drug-likeness (QED) is 0.728. The maximum Gasteiger partial charge on any atom is 0.246 e. The van der Waals surface area contributed by atoms with Crippen LogP contribution in [-0.2, 0) is 9.53 Å². The summed E-state index contributed by atoms with van der Waals surface area (Å²) in [4.78, 5) is 11.5. The number of carbonyl (C=O) groups excluding carboxylic acids is 1. The van der Waals surface area contributed by atoms with Crippen LogP contribution in [0.25, 0.3) is 0 Å². The third-order valence-corrected chi connectivity index (χ3v) is 3.51. The molecule has 4 nitrogen and oxygen atoms in total. The Morgan fingerprint density at radius 2 is 2.00 bits per heavy atom. The van der Waals surface area contributed by atoms with E-state index in [1.54, 1.807) is 0 Å². The summed E-state index contributed by atoms with van der Waals surface area (Å²) in [5.41, 5.74) is 5.71. The molecule has 0 aliphatic heterocycles. The maximum absolute atomic E-state index is 11.5. The first-order valence-electron chi connectivity index (χ1n) is 6.40. The van der Waals surface area contributed by atoms with Crippen molar-refractivity contribution in [1.29, 1.82) is 0 Å². The molecular formula is C12H22N2O2. The van der Waals surface area contributed by atoms with E-state index in [-0.39, 0.29) is 18.6 Å². The summed E-state index contributed by atoms with van der Waals surface area (Å²) in [6, 6.07) is 0.424. The Balaban J connectivity index is 1.68. The van der Waals surface area contributed by atoms with Gasteiger partial charge in [0.1, 0.15) is 6.61 Å². The largest absolute Gasteiger partial charge is 0.368 e. The van der Waals surface area contributed by atoms with Crippen molar-refractivity contribution in [2.24, 2.45) is 11.7 Å². The molecule has 0 bridgehead atoms. The van der Waals surface area contributed by atoms with E-state index in [4.69, 9.17) is 10.5 Å². The van der Waals surface area contributed by atoms with Crippen molar-refractivity contribution < 1.29 is 9.53 Å². The van der Waals surface area contributed by atoms with E-state index in [9.17, 15) is 4.79 Å². The van der Waals surface area contributed by atoms with Crippen molar-refractivity contribution in [2.75, 3.05) is 13.2 Å². The predicted molar refractivity (Wildman–Crippen MR) is 61.9 cm³/mol. The van der Waals surface area contributed by atoms with Crippen LogP contribution in [0.2, 0.25) is 0 Å². The highest BCUT2D eigenvalue weighted by Gasteiger charge is 2.27. The second-order valence-electron chi connectivity index (χ2n) is 4.97. The highest BCUT2D eigenvalue weighted by Crippen LogP contribution is 2.26. The lowest BCUT2D eigenvalue weighted by Crippen LogP contribution is -2.37. The fraction of sp³-hybridized carbons (Fsp3) is 0.917. The van der Waals surface area contributed by atoms with Crippen molar-refractivity contribution in [3.63, 3.8) is 0 Å². The van der Waals surface area contributed by atoms with E-state index in [1.165, 1.54) is 12.8 Å². The van der Waals surface area contributed by atoms with Gasteiger partial charge >= 0.3 is 0 Å². The van der Waals surface area contributed by atoms with E-state index in [0.29, 0.717) is 18.5 Å². The smallest absolute Gasteiger partial charge is 0.246 e. The monoisotopic (exact) mass is 226 g/mol. The highest BCUT2D eigenvalue weighted by molar-refractivity contribution is 5.77. The standard InChI is InChI=1S/C12H22N2O2/c13-7-9-3-1-2-4-11(9)16-8-12(15)14-10-5-6-10/h9-11H,1-8,13H2,(H,14,15). The number of nitrogens with one attached hydrogen (secondary N) is 1. The second-order valence-corrected chi connectivity index (χ2v) is 4.97. The SMILES string of the molecule is NCC1CCCCC1OCC(=O)NC1CC1. The zero-order valence-corrected chi connectivity index (χ0v) is 9.78. The zero-order chi connectivity index (χ0) is 11.4. The summed E-state index contributed by atoms with van der Waals surface area (Å²) in [7, 11) is 0. The Morgan fingerprint density at radius 3 is 2.69 bits per heavy atom. The molecule has 0 saturated heterocycles. The molecule has 2 rings (SSSR count). The molecule has 0 spiro atoms. The van der Waals surface area contributed by atoms with Gasteiger partial charge in [-0.2, -0.15) is 0 Å². The first-order valence-corrected chi connectivity index (χ1v) is 6.40. The Hall–Kier alpha value is -0.610. The van der Waals surface area contributed by atoms with Gasteiger partial charge in [-0.05, 0) is 38.1 Å². The van der Waals surface area contributed by atoms with E-state index in [0.717, 1.165) is 25.7 Å². The van der Waals surface area contributed by atoms with E-state index in [1.807, 2.05) is 0 Å². The Kier molecular flexibility index (Phi) is 4.18. The zero-order valence-electron chi connectivity index (χ0n) is 9.78. The molecule has 4 heteroatoms. The molecular weight excluding hydrogens is 204 g/mol. The topological polar surface area (TPSA) is 64.3 Å². The lowest BCUT2D eigenvalue weighted by molar-refractivity contribution is -0.129. The number of amides is 1. The van der Waals surface area contributed by atoms with Gasteiger partial charge < -0.3 is 15.8 Å². The minimum Gasteiger partial charge on any atom is -0.368 e. The van der Waals surface area contributed by atoms with Gasteiger partial charge in [-0.15, -0.1) is 0 Å². The van der Waals surface area contributed by atoms with E-state index < -0.39 is 0 Å². The summed E-state index contributed by atoms with van der Waals surface area (Å²) in [5.74, 6) is 0.478. The van der Waals surface area contributed by atoms with Crippen LogP contribution in [0.5, 0.6) is 0 Å². The third-order valence-electron chi connectivity index (χ3n) is 3.51. The second kappa shape index (κ2) is 5.64. The van der Waals surface area contributed by atoms with Crippen LogP contribution in [0.4, 0.5) is 0 Å². The normalized spacial score (nSPS) is 30.1. The van der Waals surface area contributed by atoms with Crippen LogP contribution in [0, 0.1) is 5.92 Å². The van der Waals surface area contributed by atoms with Crippen molar-refractivity contribution in [2.45, 2.75) is 50.7 Å². The number of nitrogens with two attached hydrogens (primary N) is 1. The molecule has 2 aliphatic carbocycles. The first-order chi connectivity index (χ1) is 7.79. The lowest BCUT2D eigenvalue weighted by atomic mass is 9.86. The van der Waals surface area contributed by atoms with E-state index in [2.05, 4.69) is 5.32 Å². The minimum absolute atomic E-state index is 0.0313. The van der Waals surface area contributed by atoms with E-state index >= 15 is 0 Å². The van der Waals surface area contributed by atoms with Gasteiger partial charge in [0.2, 0.25) is 5.91 Å². The van der Waals surface area contributed by atoms with Crippen LogP contribution in [0.3, 0.4) is 0 Å². The van der Waals surface area contributed by atoms with Crippen LogP contribution in [0.15, 0.2) is 0 Å². The summed E-state index contributed by atoms with van der Waals surface area (Å²) in [5, 5.41) is 2.93. The van der Waals surface area contributed by atoms with Gasteiger partial charge in [0.05, 0.1) is 6.10 Å². The number of rotatable bonds is 5. The number of hydrogen-bond acceptors (Lipinski definition) is 3. The molecule has 0 aromatic heterocycles. The predicted octanol–water partition coefficient (Wildman–Crippen LogP) is 0.799. The number of hydrogen-bond donors (Lipinski definition) is 2. The minimum atomic E-state index is 0.0313. The fourth-order valence-corrected chi connectivity index (χ4v) is 2.34. The lowest BCUT2D eigenvalue weighted by Gasteiger charge is -2.30. The van der Waals surface area contributed by atoms with Crippen LogP contribution in [-0.4, -0.2) is 31.2 Å². The van der Waals surface area contributed by atoms with Gasteiger partial charge in [-0.1, -0.05) is 12.8 Å². The molecule has 92 valence electrons. The van der Waals surface area contributed by atoms with Gasteiger partial charge in [0.15, 0.2) is 0 Å². The molecule has 0 heterocycles. The molecule has 1 amide bonds. The fourth-order valence-electron chi connectivity index (χ4n) is 2.34. The highest BCUT2D eigenvalue weighted by atomic mass is 16.5. The Morgan fingerprint density at radius 1 is 1.25 bits per heavy atom. The van der Waals surface area contributed by atoms with Crippen LogP contribution in [0.1, 0.15) is 38.5 Å². The molecule has 3 N–H and O–H groups in total. The Bertz CT molecular complexity index is 241. The average molecular weight is 226 g/mol. The Labute approximate surface area is 96.9 Å². The van der Waals surface area contributed by atoms with Gasteiger partial charge in [0, 0.05) is 6.04 Å². The summed E-state index contributed by atoms with van der Waals surface area (Å²) in [6.45, 7) is 0.882. The molecule has 2 atom stereocenters. The average Bonchev–Trinajstić information content (AvgIpc) is 3.10. The molecule has 2 aliphatic rings.